The van der Waals surface area contributed by atoms with Gasteiger partial charge in [-0.05, 0) is 37.8 Å². The molecule has 1 aliphatic carbocycles. The molecule has 1 saturated carbocycles. The Balaban J connectivity index is 1.72. The molecule has 0 spiro atoms. The van der Waals surface area contributed by atoms with E-state index in [1.165, 1.54) is 0 Å². The number of nitrogens with zero attached hydrogens (tertiary/aromatic N) is 2. The fraction of sp³-hybridized carbons (Fsp3) is 0.632. The fourth-order valence-electron chi connectivity index (χ4n) is 3.18. The molecule has 1 aromatic rings. The standard InChI is InChI=1S/C19H31N5O2S/c1-4-27(26)16-7-5-6-15(12-16)23-19(20-3)21-11-10-18(25)24-17-9-8-14(2)13-22-17/h8-9,13,15-16H,4-7,10-12H2,1-3H3,(H2,20,21,23)(H,22,24,25). The number of carbonyl (C=O) groups excluding carboxylic acids is 1. The number of hydrogen-bond acceptors (Lipinski definition) is 4. The highest BCUT2D eigenvalue weighted by Crippen LogP contribution is 2.22. The molecule has 27 heavy (non-hydrogen) atoms. The lowest BCUT2D eigenvalue weighted by atomic mass is 9.95. The maximum atomic E-state index is 12.1. The highest BCUT2D eigenvalue weighted by molar-refractivity contribution is 7.85. The molecule has 0 aliphatic heterocycles. The molecule has 3 N–H and O–H groups in total. The monoisotopic (exact) mass is 393 g/mol. The number of guanidine groups is 1. The van der Waals surface area contributed by atoms with Gasteiger partial charge in [-0.15, -0.1) is 0 Å². The van der Waals surface area contributed by atoms with Gasteiger partial charge in [-0.1, -0.05) is 19.4 Å². The number of pyridine rings is 1. The van der Waals surface area contributed by atoms with Crippen LogP contribution in [0.5, 0.6) is 0 Å². The van der Waals surface area contributed by atoms with Gasteiger partial charge in [0.2, 0.25) is 5.91 Å². The molecule has 0 bridgehead atoms. The number of rotatable bonds is 7. The van der Waals surface area contributed by atoms with Crippen molar-refractivity contribution in [3.63, 3.8) is 0 Å². The summed E-state index contributed by atoms with van der Waals surface area (Å²) in [4.78, 5) is 20.4. The molecule has 150 valence electrons. The summed E-state index contributed by atoms with van der Waals surface area (Å²) in [5.41, 5.74) is 1.05. The molecular weight excluding hydrogens is 362 g/mol. The lowest BCUT2D eigenvalue weighted by Gasteiger charge is -2.30. The Morgan fingerprint density at radius 2 is 2.19 bits per heavy atom. The maximum Gasteiger partial charge on any atom is 0.227 e. The van der Waals surface area contributed by atoms with Crippen LogP contribution in [0.2, 0.25) is 0 Å². The van der Waals surface area contributed by atoms with E-state index in [4.69, 9.17) is 0 Å². The predicted octanol–water partition coefficient (Wildman–Crippen LogP) is 1.96. The van der Waals surface area contributed by atoms with Crippen molar-refractivity contribution >= 4 is 28.5 Å². The summed E-state index contributed by atoms with van der Waals surface area (Å²) in [7, 11) is 0.976. The molecule has 1 fully saturated rings. The Morgan fingerprint density at radius 1 is 1.37 bits per heavy atom. The Labute approximate surface area is 164 Å². The highest BCUT2D eigenvalue weighted by atomic mass is 32.2. The van der Waals surface area contributed by atoms with Crippen LogP contribution in [-0.2, 0) is 15.6 Å². The summed E-state index contributed by atoms with van der Waals surface area (Å²) in [5.74, 6) is 1.87. The second-order valence-electron chi connectivity index (χ2n) is 6.82. The summed E-state index contributed by atoms with van der Waals surface area (Å²) in [6.45, 7) is 4.41. The van der Waals surface area contributed by atoms with Crippen LogP contribution in [0.1, 0.15) is 44.6 Å². The van der Waals surface area contributed by atoms with E-state index in [1.54, 1.807) is 19.3 Å². The summed E-state index contributed by atoms with van der Waals surface area (Å²) in [5, 5.41) is 9.64. The zero-order chi connectivity index (χ0) is 19.6. The van der Waals surface area contributed by atoms with Crippen molar-refractivity contribution in [2.75, 3.05) is 24.7 Å². The molecule has 0 aromatic carbocycles. The van der Waals surface area contributed by atoms with Crippen molar-refractivity contribution < 1.29 is 9.00 Å². The van der Waals surface area contributed by atoms with Crippen LogP contribution < -0.4 is 16.0 Å². The quantitative estimate of drug-likeness (QED) is 0.486. The van der Waals surface area contributed by atoms with Crippen LogP contribution in [-0.4, -0.2) is 51.7 Å². The minimum Gasteiger partial charge on any atom is -0.356 e. The molecule has 0 radical (unpaired) electrons. The van der Waals surface area contributed by atoms with E-state index >= 15 is 0 Å². The van der Waals surface area contributed by atoms with Crippen molar-refractivity contribution in [2.45, 2.75) is 57.2 Å². The summed E-state index contributed by atoms with van der Waals surface area (Å²) in [6, 6.07) is 3.98. The molecule has 1 aromatic heterocycles. The third-order valence-electron chi connectivity index (χ3n) is 4.67. The molecule has 0 saturated heterocycles. The van der Waals surface area contributed by atoms with Gasteiger partial charge in [0, 0.05) is 54.1 Å². The normalized spacial score (nSPS) is 21.4. The van der Waals surface area contributed by atoms with Crippen LogP contribution in [0.25, 0.3) is 0 Å². The number of carbonyl (C=O) groups is 1. The minimum atomic E-state index is -0.743. The van der Waals surface area contributed by atoms with Gasteiger partial charge in [0.15, 0.2) is 5.96 Å². The largest absolute Gasteiger partial charge is 0.356 e. The number of aromatic nitrogens is 1. The van der Waals surface area contributed by atoms with Gasteiger partial charge in [0.1, 0.15) is 5.82 Å². The van der Waals surface area contributed by atoms with Crippen LogP contribution in [0.3, 0.4) is 0 Å². The smallest absolute Gasteiger partial charge is 0.227 e. The van der Waals surface area contributed by atoms with Crippen molar-refractivity contribution in [1.82, 2.24) is 15.6 Å². The average Bonchev–Trinajstić information content (AvgIpc) is 2.68. The predicted molar refractivity (Wildman–Crippen MR) is 111 cm³/mol. The summed E-state index contributed by atoms with van der Waals surface area (Å²) in [6.07, 6.45) is 6.12. The first-order chi connectivity index (χ1) is 13.0. The van der Waals surface area contributed by atoms with Gasteiger partial charge < -0.3 is 16.0 Å². The van der Waals surface area contributed by atoms with Crippen LogP contribution >= 0.6 is 0 Å². The average molecular weight is 394 g/mol. The van der Waals surface area contributed by atoms with E-state index in [0.29, 0.717) is 24.7 Å². The van der Waals surface area contributed by atoms with E-state index < -0.39 is 10.8 Å². The molecule has 1 heterocycles. The van der Waals surface area contributed by atoms with E-state index in [0.717, 1.165) is 37.0 Å². The lowest BCUT2D eigenvalue weighted by molar-refractivity contribution is -0.116. The van der Waals surface area contributed by atoms with Gasteiger partial charge >= 0.3 is 0 Å². The van der Waals surface area contributed by atoms with Crippen LogP contribution in [0, 0.1) is 6.92 Å². The SMILES string of the molecule is CCS(=O)C1CCCC(NC(=NC)NCCC(=O)Nc2ccc(C)cn2)C1. The number of anilines is 1. The molecule has 1 aliphatic rings. The molecule has 2 rings (SSSR count). The molecular formula is C19H31N5O2S. The zero-order valence-electron chi connectivity index (χ0n) is 16.5. The van der Waals surface area contributed by atoms with Gasteiger partial charge in [0.25, 0.3) is 0 Å². The number of hydrogen-bond donors (Lipinski definition) is 3. The Hall–Kier alpha value is -1.96. The molecule has 3 atom stereocenters. The maximum absolute atomic E-state index is 12.1. The lowest BCUT2D eigenvalue weighted by Crippen LogP contribution is -2.47. The van der Waals surface area contributed by atoms with Gasteiger partial charge in [-0.3, -0.25) is 14.0 Å². The Morgan fingerprint density at radius 3 is 2.85 bits per heavy atom. The van der Waals surface area contributed by atoms with Gasteiger partial charge in [-0.25, -0.2) is 4.98 Å². The van der Waals surface area contributed by atoms with E-state index in [-0.39, 0.29) is 17.2 Å². The molecule has 8 heteroatoms. The first kappa shape index (κ1) is 21.3. The number of nitrogens with one attached hydrogen (secondary N) is 3. The second-order valence-corrected chi connectivity index (χ2v) is 8.82. The van der Waals surface area contributed by atoms with E-state index in [9.17, 15) is 9.00 Å². The van der Waals surface area contributed by atoms with Crippen molar-refractivity contribution in [2.24, 2.45) is 4.99 Å². The third-order valence-corrected chi connectivity index (χ3v) is 6.41. The highest BCUT2D eigenvalue weighted by Gasteiger charge is 2.26. The zero-order valence-corrected chi connectivity index (χ0v) is 17.3. The van der Waals surface area contributed by atoms with E-state index in [2.05, 4.69) is 25.9 Å². The molecule has 7 nitrogen and oxygen atoms in total. The van der Waals surface area contributed by atoms with Crippen LogP contribution in [0.4, 0.5) is 5.82 Å². The van der Waals surface area contributed by atoms with Crippen molar-refractivity contribution in [1.29, 1.82) is 0 Å². The third kappa shape index (κ3) is 7.28. The Bertz CT molecular complexity index is 663. The fourth-order valence-corrected chi connectivity index (χ4v) is 4.53. The first-order valence-electron chi connectivity index (χ1n) is 9.58. The molecule has 3 unspecified atom stereocenters. The Kier molecular flexibility index (Phi) is 8.71. The van der Waals surface area contributed by atoms with Crippen molar-refractivity contribution in [3.8, 4) is 0 Å². The van der Waals surface area contributed by atoms with E-state index in [1.807, 2.05) is 19.9 Å². The van der Waals surface area contributed by atoms with Crippen molar-refractivity contribution in [3.05, 3.63) is 23.9 Å². The first-order valence-corrected chi connectivity index (χ1v) is 11.0. The molecule has 1 amide bonds. The summed E-state index contributed by atoms with van der Waals surface area (Å²) >= 11 is 0. The van der Waals surface area contributed by atoms with Gasteiger partial charge in [0.05, 0.1) is 0 Å². The number of aliphatic imine (C=N–C) groups is 1. The van der Waals surface area contributed by atoms with Gasteiger partial charge in [-0.2, -0.15) is 0 Å². The van der Waals surface area contributed by atoms with Crippen LogP contribution in [0.15, 0.2) is 23.3 Å². The topological polar surface area (TPSA) is 95.5 Å². The number of amides is 1. The number of aryl methyl sites for hydroxylation is 1. The summed E-state index contributed by atoms with van der Waals surface area (Å²) < 4.78 is 12.1. The minimum absolute atomic E-state index is 0.0922. The second kappa shape index (κ2) is 11.0.